The topological polar surface area (TPSA) is 69.4 Å². The van der Waals surface area contributed by atoms with Gasteiger partial charge in [-0.1, -0.05) is 17.7 Å². The summed E-state index contributed by atoms with van der Waals surface area (Å²) < 4.78 is 4.98. The number of nitrogen functional groups attached to an aromatic ring is 1. The Labute approximate surface area is 127 Å². The van der Waals surface area contributed by atoms with Crippen LogP contribution in [0.1, 0.15) is 41.6 Å². The molecular formula is C16H16ClNO3. The van der Waals surface area contributed by atoms with Gasteiger partial charge < -0.3 is 10.5 Å². The number of carbonyl (C=O) groups is 2. The highest BCUT2D eigenvalue weighted by Gasteiger charge is 2.39. The Kier molecular flexibility index (Phi) is 3.49. The number of esters is 1. The van der Waals surface area contributed by atoms with Crippen LogP contribution in [-0.4, -0.2) is 18.4 Å². The van der Waals surface area contributed by atoms with Gasteiger partial charge in [0.2, 0.25) is 0 Å². The summed E-state index contributed by atoms with van der Waals surface area (Å²) in [7, 11) is 0. The molecule has 21 heavy (non-hydrogen) atoms. The van der Waals surface area contributed by atoms with Crippen LogP contribution < -0.4 is 5.73 Å². The van der Waals surface area contributed by atoms with Gasteiger partial charge in [0.25, 0.3) is 0 Å². The van der Waals surface area contributed by atoms with Gasteiger partial charge in [0.1, 0.15) is 5.57 Å². The van der Waals surface area contributed by atoms with E-state index in [0.29, 0.717) is 22.2 Å². The van der Waals surface area contributed by atoms with Crippen molar-refractivity contribution < 1.29 is 14.3 Å². The van der Waals surface area contributed by atoms with Crippen molar-refractivity contribution in [3.63, 3.8) is 0 Å². The molecule has 3 rings (SSSR count). The number of fused-ring (bicyclic) bond motifs is 1. The molecule has 0 aromatic heterocycles. The van der Waals surface area contributed by atoms with Crippen LogP contribution in [0.2, 0.25) is 5.02 Å². The predicted octanol–water partition coefficient (Wildman–Crippen LogP) is 3.10. The number of benzene rings is 1. The van der Waals surface area contributed by atoms with Crippen LogP contribution in [0.3, 0.4) is 0 Å². The molecule has 0 bridgehead atoms. The second kappa shape index (κ2) is 5.19. The van der Waals surface area contributed by atoms with Gasteiger partial charge in [-0.2, -0.15) is 0 Å². The molecule has 2 N–H and O–H groups in total. The Morgan fingerprint density at radius 2 is 2.14 bits per heavy atom. The van der Waals surface area contributed by atoms with Gasteiger partial charge in [0, 0.05) is 11.5 Å². The highest BCUT2D eigenvalue weighted by Crippen LogP contribution is 2.48. The molecule has 0 amide bonds. The van der Waals surface area contributed by atoms with Crippen molar-refractivity contribution in [2.45, 2.75) is 25.7 Å². The third-order valence-corrected chi connectivity index (χ3v) is 4.32. The van der Waals surface area contributed by atoms with E-state index in [1.54, 1.807) is 25.1 Å². The highest BCUT2D eigenvalue weighted by atomic mass is 35.5. The molecule has 0 heterocycles. The number of nitrogens with two attached hydrogens (primary N) is 1. The van der Waals surface area contributed by atoms with Crippen LogP contribution in [-0.2, 0) is 9.53 Å². The van der Waals surface area contributed by atoms with Gasteiger partial charge >= 0.3 is 5.97 Å². The van der Waals surface area contributed by atoms with Gasteiger partial charge in [-0.05, 0) is 43.4 Å². The first kappa shape index (κ1) is 14.1. The zero-order chi connectivity index (χ0) is 15.1. The number of hydrogen-bond donors (Lipinski definition) is 1. The summed E-state index contributed by atoms with van der Waals surface area (Å²) in [5, 5.41) is 0.445. The predicted molar refractivity (Wildman–Crippen MR) is 80.4 cm³/mol. The van der Waals surface area contributed by atoms with Crippen molar-refractivity contribution in [3.05, 3.63) is 39.9 Å². The minimum absolute atomic E-state index is 0.0372. The number of rotatable bonds is 3. The molecule has 110 valence electrons. The molecule has 5 heteroatoms. The highest BCUT2D eigenvalue weighted by molar-refractivity contribution is 6.34. The SMILES string of the molecule is CCOC(=O)C1=CC(C2CC2)c2cc(Cl)c(N)cc2C1=O. The molecule has 1 atom stereocenters. The van der Waals surface area contributed by atoms with Crippen molar-refractivity contribution in [1.29, 1.82) is 0 Å². The summed E-state index contributed by atoms with van der Waals surface area (Å²) in [5.41, 5.74) is 7.61. The fourth-order valence-corrected chi connectivity index (χ4v) is 2.95. The number of ether oxygens (including phenoxy) is 1. The molecular weight excluding hydrogens is 290 g/mol. The Hall–Kier alpha value is -1.81. The second-order valence-corrected chi connectivity index (χ2v) is 5.86. The maximum Gasteiger partial charge on any atom is 0.341 e. The summed E-state index contributed by atoms with van der Waals surface area (Å²) in [5.74, 6) is -0.396. The van der Waals surface area contributed by atoms with Crippen LogP contribution in [0.15, 0.2) is 23.8 Å². The first-order valence-corrected chi connectivity index (χ1v) is 7.43. The summed E-state index contributed by atoms with van der Waals surface area (Å²) in [6.07, 6.45) is 3.92. The number of anilines is 1. The zero-order valence-electron chi connectivity index (χ0n) is 11.7. The van der Waals surface area contributed by atoms with Crippen molar-refractivity contribution in [2.75, 3.05) is 12.3 Å². The number of halogens is 1. The van der Waals surface area contributed by atoms with Gasteiger partial charge in [-0.15, -0.1) is 0 Å². The molecule has 1 saturated carbocycles. The molecule has 0 saturated heterocycles. The lowest BCUT2D eigenvalue weighted by molar-refractivity contribution is -0.138. The van der Waals surface area contributed by atoms with E-state index in [0.717, 1.165) is 18.4 Å². The molecule has 0 radical (unpaired) electrons. The minimum atomic E-state index is -0.563. The average molecular weight is 306 g/mol. The van der Waals surface area contributed by atoms with Gasteiger partial charge in [-0.3, -0.25) is 4.79 Å². The van der Waals surface area contributed by atoms with E-state index in [1.807, 2.05) is 0 Å². The van der Waals surface area contributed by atoms with Crippen molar-refractivity contribution in [2.24, 2.45) is 5.92 Å². The third kappa shape index (κ3) is 2.44. The van der Waals surface area contributed by atoms with Crippen LogP contribution >= 0.6 is 11.6 Å². The lowest BCUT2D eigenvalue weighted by Crippen LogP contribution is -2.23. The molecule has 1 fully saturated rings. The molecule has 1 aromatic rings. The molecule has 2 aliphatic rings. The lowest BCUT2D eigenvalue weighted by atomic mass is 9.80. The first-order chi connectivity index (χ1) is 10.0. The van der Waals surface area contributed by atoms with Gasteiger partial charge in [0.05, 0.1) is 17.3 Å². The van der Waals surface area contributed by atoms with E-state index in [9.17, 15) is 9.59 Å². The Bertz CT molecular complexity index is 662. The number of Topliss-reactive ketones (excluding diaryl/α,β-unsaturated/α-hetero) is 1. The Morgan fingerprint density at radius 3 is 2.76 bits per heavy atom. The van der Waals surface area contributed by atoms with E-state index in [-0.39, 0.29) is 23.9 Å². The van der Waals surface area contributed by atoms with E-state index >= 15 is 0 Å². The monoisotopic (exact) mass is 305 g/mol. The van der Waals surface area contributed by atoms with Crippen LogP contribution in [0, 0.1) is 5.92 Å². The third-order valence-electron chi connectivity index (χ3n) is 3.99. The standard InChI is InChI=1S/C16H16ClNO3/c1-2-21-16(20)12-5-9(8-3-4-8)10-6-13(17)14(18)7-11(10)15(12)19/h5-9H,2-4,18H2,1H3. The van der Waals surface area contributed by atoms with Crippen molar-refractivity contribution >= 4 is 29.0 Å². The largest absolute Gasteiger partial charge is 0.462 e. The van der Waals surface area contributed by atoms with Crippen molar-refractivity contribution in [1.82, 2.24) is 0 Å². The first-order valence-electron chi connectivity index (χ1n) is 7.05. The molecule has 0 spiro atoms. The van der Waals surface area contributed by atoms with Crippen LogP contribution in [0.25, 0.3) is 0 Å². The minimum Gasteiger partial charge on any atom is -0.462 e. The number of carbonyl (C=O) groups excluding carboxylic acids is 2. The fourth-order valence-electron chi connectivity index (χ4n) is 2.78. The number of hydrogen-bond acceptors (Lipinski definition) is 4. The molecule has 1 unspecified atom stereocenters. The Balaban J connectivity index is 2.09. The normalized spacial score (nSPS) is 20.8. The van der Waals surface area contributed by atoms with Crippen LogP contribution in [0.4, 0.5) is 5.69 Å². The van der Waals surface area contributed by atoms with Crippen LogP contribution in [0.5, 0.6) is 0 Å². The van der Waals surface area contributed by atoms with Crippen molar-refractivity contribution in [3.8, 4) is 0 Å². The molecule has 4 nitrogen and oxygen atoms in total. The lowest BCUT2D eigenvalue weighted by Gasteiger charge is -2.23. The van der Waals surface area contributed by atoms with E-state index in [1.165, 1.54) is 0 Å². The van der Waals surface area contributed by atoms with Gasteiger partial charge in [-0.25, -0.2) is 4.79 Å². The zero-order valence-corrected chi connectivity index (χ0v) is 12.4. The number of ketones is 1. The van der Waals surface area contributed by atoms with E-state index in [2.05, 4.69) is 0 Å². The quantitative estimate of drug-likeness (QED) is 0.529. The summed E-state index contributed by atoms with van der Waals surface area (Å²) in [6.45, 7) is 1.96. The summed E-state index contributed by atoms with van der Waals surface area (Å²) in [6, 6.07) is 3.33. The summed E-state index contributed by atoms with van der Waals surface area (Å²) >= 11 is 6.08. The molecule has 2 aliphatic carbocycles. The fraction of sp³-hybridized carbons (Fsp3) is 0.375. The van der Waals surface area contributed by atoms with E-state index in [4.69, 9.17) is 22.1 Å². The Morgan fingerprint density at radius 1 is 1.43 bits per heavy atom. The van der Waals surface area contributed by atoms with Gasteiger partial charge in [0.15, 0.2) is 5.78 Å². The maximum absolute atomic E-state index is 12.5. The maximum atomic E-state index is 12.5. The number of allylic oxidation sites excluding steroid dienone is 1. The molecule has 0 aliphatic heterocycles. The summed E-state index contributed by atoms with van der Waals surface area (Å²) in [4.78, 5) is 24.5. The average Bonchev–Trinajstić information content (AvgIpc) is 3.26. The smallest absolute Gasteiger partial charge is 0.341 e. The molecule has 1 aromatic carbocycles. The van der Waals surface area contributed by atoms with E-state index < -0.39 is 5.97 Å². The second-order valence-electron chi connectivity index (χ2n) is 5.45.